The zero-order valence-electron chi connectivity index (χ0n) is 23.7. The Bertz CT molecular complexity index is 885. The number of ether oxygens (including phenoxy) is 1. The Morgan fingerprint density at radius 3 is 2.26 bits per heavy atom. The lowest BCUT2D eigenvalue weighted by molar-refractivity contribution is -0.252. The molecule has 0 unspecified atom stereocenters. The van der Waals surface area contributed by atoms with Crippen molar-refractivity contribution in [1.82, 2.24) is 0 Å². The van der Waals surface area contributed by atoms with Crippen LogP contribution in [0.3, 0.4) is 0 Å². The maximum absolute atomic E-state index is 11.9. The third kappa shape index (κ3) is 3.08. The van der Waals surface area contributed by atoms with E-state index in [1.165, 1.54) is 51.4 Å². The quantitative estimate of drug-likeness (QED) is 0.284. The molecule has 4 fully saturated rings. The summed E-state index contributed by atoms with van der Waals surface area (Å²) in [6.45, 7) is 22.1. The zero-order chi connectivity index (χ0) is 24.9. The lowest BCUT2D eigenvalue weighted by Gasteiger charge is -2.73. The van der Waals surface area contributed by atoms with Crippen LogP contribution < -0.4 is 0 Å². The van der Waals surface area contributed by atoms with Gasteiger partial charge in [-0.15, -0.1) is 0 Å². The van der Waals surface area contributed by atoms with Gasteiger partial charge in [-0.25, -0.2) is 0 Å². The number of rotatable bonds is 1. The molecule has 0 aromatic heterocycles. The van der Waals surface area contributed by atoms with E-state index in [0.29, 0.717) is 27.6 Å². The van der Waals surface area contributed by atoms with Crippen LogP contribution in [0, 0.1) is 56.7 Å². The van der Waals surface area contributed by atoms with Gasteiger partial charge >= 0.3 is 5.97 Å². The first-order valence-electron chi connectivity index (χ1n) is 14.5. The summed E-state index contributed by atoms with van der Waals surface area (Å²) in [5, 5.41) is 0. The van der Waals surface area contributed by atoms with Crippen LogP contribution in [0.5, 0.6) is 0 Å². The topological polar surface area (TPSA) is 26.3 Å². The smallest absolute Gasteiger partial charge is 0.302 e. The summed E-state index contributed by atoms with van der Waals surface area (Å²) in [7, 11) is 0. The summed E-state index contributed by atoms with van der Waals surface area (Å²) in [6, 6.07) is 0. The SMILES string of the molecule is CC(=O)O[C@H]1CC[C@]2(C)[C@H](CC[C@]3(C)[C@H]2CC[C@@H]2[C@@H]4[C@H](C)C(C)=CC[C@]4(C)CC[C@@]23C)C1(C)C. The van der Waals surface area contributed by atoms with E-state index in [2.05, 4.69) is 61.5 Å². The Labute approximate surface area is 210 Å². The zero-order valence-corrected chi connectivity index (χ0v) is 23.7. The number of esters is 1. The summed E-state index contributed by atoms with van der Waals surface area (Å²) < 4.78 is 5.92. The largest absolute Gasteiger partial charge is 0.462 e. The van der Waals surface area contributed by atoms with E-state index in [-0.39, 0.29) is 17.5 Å². The van der Waals surface area contributed by atoms with Gasteiger partial charge in [-0.05, 0) is 116 Å². The highest BCUT2D eigenvalue weighted by molar-refractivity contribution is 5.66. The minimum atomic E-state index is -0.105. The van der Waals surface area contributed by atoms with Crippen LogP contribution in [0.2, 0.25) is 0 Å². The highest BCUT2D eigenvalue weighted by atomic mass is 16.5. The number of hydrogen-bond donors (Lipinski definition) is 0. The molecule has 5 aliphatic rings. The number of carbonyl (C=O) groups is 1. The molecule has 0 aromatic rings. The van der Waals surface area contributed by atoms with Crippen LogP contribution in [-0.4, -0.2) is 12.1 Å². The minimum Gasteiger partial charge on any atom is -0.462 e. The summed E-state index contributed by atoms with van der Waals surface area (Å²) in [6.07, 6.45) is 14.5. The molecular formula is C32H52O2. The van der Waals surface area contributed by atoms with Crippen molar-refractivity contribution in [3.63, 3.8) is 0 Å². The molecule has 0 N–H and O–H groups in total. The fourth-order valence-corrected chi connectivity index (χ4v) is 11.7. The number of hydrogen-bond acceptors (Lipinski definition) is 2. The van der Waals surface area contributed by atoms with Crippen molar-refractivity contribution < 1.29 is 9.53 Å². The third-order valence-corrected chi connectivity index (χ3v) is 13.8. The third-order valence-electron chi connectivity index (χ3n) is 13.8. The molecule has 5 rings (SSSR count). The Morgan fingerprint density at radius 2 is 1.59 bits per heavy atom. The average molecular weight is 469 g/mol. The predicted molar refractivity (Wildman–Crippen MR) is 140 cm³/mol. The van der Waals surface area contributed by atoms with Gasteiger partial charge in [0.1, 0.15) is 6.10 Å². The van der Waals surface area contributed by atoms with Crippen molar-refractivity contribution >= 4 is 5.97 Å². The molecule has 0 bridgehead atoms. The van der Waals surface area contributed by atoms with Gasteiger partial charge in [0, 0.05) is 12.3 Å². The Hall–Kier alpha value is -0.790. The van der Waals surface area contributed by atoms with Crippen LogP contribution in [0.25, 0.3) is 0 Å². The molecule has 0 radical (unpaired) electrons. The lowest BCUT2D eigenvalue weighted by Crippen LogP contribution is -2.67. The first-order valence-corrected chi connectivity index (χ1v) is 14.5. The van der Waals surface area contributed by atoms with E-state index < -0.39 is 0 Å². The van der Waals surface area contributed by atoms with E-state index in [4.69, 9.17) is 4.74 Å². The average Bonchev–Trinajstić information content (AvgIpc) is 2.74. The van der Waals surface area contributed by atoms with E-state index in [1.54, 1.807) is 12.5 Å². The van der Waals surface area contributed by atoms with E-state index in [1.807, 2.05) is 0 Å². The van der Waals surface area contributed by atoms with Crippen molar-refractivity contribution in [1.29, 1.82) is 0 Å². The van der Waals surface area contributed by atoms with E-state index >= 15 is 0 Å². The molecule has 0 amide bonds. The molecule has 0 spiro atoms. The number of fused-ring (bicyclic) bond motifs is 7. The van der Waals surface area contributed by atoms with Gasteiger partial charge in [0.2, 0.25) is 0 Å². The van der Waals surface area contributed by atoms with Gasteiger partial charge in [0.15, 0.2) is 0 Å². The number of allylic oxidation sites excluding steroid dienone is 2. The van der Waals surface area contributed by atoms with Crippen molar-refractivity contribution in [3.05, 3.63) is 11.6 Å². The number of carbonyl (C=O) groups excluding carboxylic acids is 1. The molecule has 4 saturated carbocycles. The molecule has 0 aromatic carbocycles. The summed E-state index contributed by atoms with van der Waals surface area (Å²) >= 11 is 0. The van der Waals surface area contributed by atoms with Crippen molar-refractivity contribution in [2.24, 2.45) is 56.7 Å². The van der Waals surface area contributed by atoms with Crippen molar-refractivity contribution in [3.8, 4) is 0 Å². The molecular weight excluding hydrogens is 416 g/mol. The molecule has 10 atom stereocenters. The van der Waals surface area contributed by atoms with Crippen molar-refractivity contribution in [2.75, 3.05) is 0 Å². The van der Waals surface area contributed by atoms with E-state index in [0.717, 1.165) is 30.1 Å². The van der Waals surface area contributed by atoms with Gasteiger partial charge in [0.25, 0.3) is 0 Å². The molecule has 2 nitrogen and oxygen atoms in total. The van der Waals surface area contributed by atoms with Crippen LogP contribution >= 0.6 is 0 Å². The Kier molecular flexibility index (Phi) is 5.57. The fourth-order valence-electron chi connectivity index (χ4n) is 11.7. The molecule has 0 heterocycles. The van der Waals surface area contributed by atoms with Gasteiger partial charge in [-0.2, -0.15) is 0 Å². The molecule has 0 aliphatic heterocycles. The van der Waals surface area contributed by atoms with Crippen LogP contribution in [0.4, 0.5) is 0 Å². The second kappa shape index (κ2) is 7.61. The second-order valence-corrected chi connectivity index (χ2v) is 15.2. The van der Waals surface area contributed by atoms with Crippen LogP contribution in [-0.2, 0) is 9.53 Å². The summed E-state index contributed by atoms with van der Waals surface area (Å²) in [5.41, 5.74) is 3.43. The molecule has 34 heavy (non-hydrogen) atoms. The minimum absolute atomic E-state index is 0.0582. The first-order chi connectivity index (χ1) is 15.7. The molecule has 0 saturated heterocycles. The Morgan fingerprint density at radius 1 is 0.882 bits per heavy atom. The Balaban J connectivity index is 1.50. The molecule has 192 valence electrons. The summed E-state index contributed by atoms with van der Waals surface area (Å²) in [4.78, 5) is 11.9. The van der Waals surface area contributed by atoms with Crippen molar-refractivity contribution in [2.45, 2.75) is 126 Å². The van der Waals surface area contributed by atoms with Gasteiger partial charge in [-0.1, -0.05) is 60.1 Å². The predicted octanol–water partition coefficient (Wildman–Crippen LogP) is 8.60. The normalized spacial score (nSPS) is 54.0. The summed E-state index contributed by atoms with van der Waals surface area (Å²) in [5.74, 6) is 3.76. The lowest BCUT2D eigenvalue weighted by atomic mass is 9.31. The van der Waals surface area contributed by atoms with Gasteiger partial charge < -0.3 is 4.74 Å². The molecule has 5 aliphatic carbocycles. The van der Waals surface area contributed by atoms with Crippen LogP contribution in [0.1, 0.15) is 120 Å². The fraction of sp³-hybridized carbons (Fsp3) is 0.906. The maximum atomic E-state index is 11.9. The van der Waals surface area contributed by atoms with Gasteiger partial charge in [0.05, 0.1) is 0 Å². The molecule has 2 heteroatoms. The van der Waals surface area contributed by atoms with Crippen LogP contribution in [0.15, 0.2) is 11.6 Å². The standard InChI is InChI=1S/C32H52O2/c1-20-12-15-29(6)18-19-31(8)23(27(29)21(20)2)10-11-25-30(7)16-14-26(34-22(3)33)28(4,5)24(30)13-17-32(25,31)9/h12,21,23-27H,10-11,13-19H2,1-9H3/t21-,23-,24-,25+,26+,27+,29-,30-,31+,32-/m1/s1. The highest BCUT2D eigenvalue weighted by Crippen LogP contribution is 2.76. The monoisotopic (exact) mass is 468 g/mol. The highest BCUT2D eigenvalue weighted by Gasteiger charge is 2.69. The first kappa shape index (κ1) is 24.9. The second-order valence-electron chi connectivity index (χ2n) is 15.2. The van der Waals surface area contributed by atoms with Gasteiger partial charge in [-0.3, -0.25) is 4.79 Å². The maximum Gasteiger partial charge on any atom is 0.302 e. The van der Waals surface area contributed by atoms with E-state index in [9.17, 15) is 4.79 Å².